The quantitative estimate of drug-likeness (QED) is 0.639. The van der Waals surface area contributed by atoms with Crippen LogP contribution < -0.4 is 11.3 Å². The van der Waals surface area contributed by atoms with Crippen molar-refractivity contribution in [1.29, 1.82) is 0 Å². The smallest absolute Gasteiger partial charge is 0.0634 e. The molecule has 0 saturated carbocycles. The summed E-state index contributed by atoms with van der Waals surface area (Å²) in [5, 5.41) is 0.649. The minimum atomic E-state index is 0.0929. The molecule has 17 heavy (non-hydrogen) atoms. The van der Waals surface area contributed by atoms with Crippen molar-refractivity contribution in [3.05, 3.63) is 29.0 Å². The van der Waals surface area contributed by atoms with Gasteiger partial charge in [-0.3, -0.25) is 16.3 Å². The van der Waals surface area contributed by atoms with Gasteiger partial charge in [0.25, 0.3) is 0 Å². The Balaban J connectivity index is 1.97. The summed E-state index contributed by atoms with van der Waals surface area (Å²) < 4.78 is 5.35. The number of aromatic nitrogens is 1. The molecular weight excluding hydrogens is 238 g/mol. The zero-order chi connectivity index (χ0) is 12.1. The van der Waals surface area contributed by atoms with Crippen molar-refractivity contribution >= 4 is 11.6 Å². The minimum absolute atomic E-state index is 0.0929. The normalized spacial score (nSPS) is 19.2. The molecule has 0 aromatic carbocycles. The molecule has 1 fully saturated rings. The Morgan fingerprint density at radius 3 is 2.82 bits per heavy atom. The molecule has 5 heteroatoms. The molecule has 1 atom stereocenters. The van der Waals surface area contributed by atoms with E-state index >= 15 is 0 Å². The standard InChI is InChI=1S/C12H18ClN3O/c13-10-1-2-11(15-8-10)12(16-14)7-9-3-5-17-6-4-9/h1-2,8-9,12,16H,3-7,14H2. The van der Waals surface area contributed by atoms with Gasteiger partial charge in [-0.25, -0.2) is 0 Å². The topological polar surface area (TPSA) is 60.2 Å². The predicted molar refractivity (Wildman–Crippen MR) is 67.5 cm³/mol. The number of hydrogen-bond acceptors (Lipinski definition) is 4. The molecule has 3 N–H and O–H groups in total. The molecule has 1 aliphatic rings. The zero-order valence-corrected chi connectivity index (χ0v) is 10.5. The van der Waals surface area contributed by atoms with Crippen molar-refractivity contribution in [2.45, 2.75) is 25.3 Å². The molecule has 1 aromatic heterocycles. The Labute approximate surface area is 106 Å². The third kappa shape index (κ3) is 3.64. The lowest BCUT2D eigenvalue weighted by Crippen LogP contribution is -2.31. The molecule has 0 aliphatic carbocycles. The van der Waals surface area contributed by atoms with Gasteiger partial charge in [0.15, 0.2) is 0 Å². The van der Waals surface area contributed by atoms with Crippen molar-refractivity contribution in [2.24, 2.45) is 11.8 Å². The zero-order valence-electron chi connectivity index (χ0n) is 9.73. The summed E-state index contributed by atoms with van der Waals surface area (Å²) in [6, 6.07) is 3.86. The lowest BCUT2D eigenvalue weighted by atomic mass is 9.91. The summed E-state index contributed by atoms with van der Waals surface area (Å²) in [6.45, 7) is 1.71. The molecule has 1 saturated heterocycles. The fraction of sp³-hybridized carbons (Fsp3) is 0.583. The molecule has 1 unspecified atom stereocenters. The van der Waals surface area contributed by atoms with E-state index in [0.29, 0.717) is 10.9 Å². The van der Waals surface area contributed by atoms with Crippen LogP contribution in [0.25, 0.3) is 0 Å². The molecule has 0 radical (unpaired) electrons. The van der Waals surface area contributed by atoms with Crippen LogP contribution in [0.5, 0.6) is 0 Å². The van der Waals surface area contributed by atoms with E-state index in [4.69, 9.17) is 22.2 Å². The third-order valence-electron chi connectivity index (χ3n) is 3.22. The average molecular weight is 256 g/mol. The van der Waals surface area contributed by atoms with E-state index in [9.17, 15) is 0 Å². The van der Waals surface area contributed by atoms with Gasteiger partial charge in [-0.05, 0) is 37.3 Å². The second-order valence-corrected chi connectivity index (χ2v) is 4.85. The van der Waals surface area contributed by atoms with Crippen molar-refractivity contribution in [1.82, 2.24) is 10.4 Å². The largest absolute Gasteiger partial charge is 0.381 e. The summed E-state index contributed by atoms with van der Waals surface area (Å²) in [5.74, 6) is 6.26. The number of ether oxygens (including phenoxy) is 1. The van der Waals surface area contributed by atoms with Gasteiger partial charge in [-0.1, -0.05) is 11.6 Å². The van der Waals surface area contributed by atoms with E-state index in [2.05, 4.69) is 10.4 Å². The maximum absolute atomic E-state index is 5.82. The van der Waals surface area contributed by atoms with Gasteiger partial charge in [0.1, 0.15) is 0 Å². The van der Waals surface area contributed by atoms with E-state index < -0.39 is 0 Å². The van der Waals surface area contributed by atoms with E-state index in [1.165, 1.54) is 0 Å². The van der Waals surface area contributed by atoms with Crippen molar-refractivity contribution < 1.29 is 4.74 Å². The first-order valence-electron chi connectivity index (χ1n) is 5.95. The van der Waals surface area contributed by atoms with Crippen LogP contribution in [0.3, 0.4) is 0 Å². The van der Waals surface area contributed by atoms with Crippen molar-refractivity contribution in [3.63, 3.8) is 0 Å². The Bertz CT molecular complexity index is 338. The number of pyridine rings is 1. The molecule has 4 nitrogen and oxygen atoms in total. The maximum atomic E-state index is 5.82. The Morgan fingerprint density at radius 1 is 1.47 bits per heavy atom. The van der Waals surface area contributed by atoms with Gasteiger partial charge in [-0.15, -0.1) is 0 Å². The van der Waals surface area contributed by atoms with Crippen LogP contribution in [0, 0.1) is 5.92 Å². The van der Waals surface area contributed by atoms with E-state index in [1.807, 2.05) is 12.1 Å². The molecule has 2 rings (SSSR count). The number of nitrogens with zero attached hydrogens (tertiary/aromatic N) is 1. The molecule has 2 heterocycles. The van der Waals surface area contributed by atoms with Crippen molar-refractivity contribution in [3.8, 4) is 0 Å². The van der Waals surface area contributed by atoms with Crippen LogP contribution in [0.1, 0.15) is 31.0 Å². The molecular formula is C12H18ClN3O. The third-order valence-corrected chi connectivity index (χ3v) is 3.44. The number of nitrogens with two attached hydrogens (primary N) is 1. The first kappa shape index (κ1) is 12.8. The van der Waals surface area contributed by atoms with Gasteiger partial charge >= 0.3 is 0 Å². The minimum Gasteiger partial charge on any atom is -0.381 e. The first-order valence-corrected chi connectivity index (χ1v) is 6.32. The number of hydrogen-bond donors (Lipinski definition) is 2. The number of hydrazine groups is 1. The number of rotatable bonds is 4. The van der Waals surface area contributed by atoms with Gasteiger partial charge in [0.05, 0.1) is 16.8 Å². The van der Waals surface area contributed by atoms with Crippen LogP contribution in [0.2, 0.25) is 5.02 Å². The van der Waals surface area contributed by atoms with Crippen LogP contribution in [-0.2, 0) is 4.74 Å². The average Bonchev–Trinajstić information content (AvgIpc) is 2.38. The number of nitrogens with one attached hydrogen (secondary N) is 1. The van der Waals surface area contributed by atoms with Gasteiger partial charge < -0.3 is 4.74 Å². The Hall–Kier alpha value is -0.680. The Morgan fingerprint density at radius 2 is 2.24 bits per heavy atom. The highest BCUT2D eigenvalue weighted by Gasteiger charge is 2.20. The van der Waals surface area contributed by atoms with E-state index in [1.54, 1.807) is 6.20 Å². The lowest BCUT2D eigenvalue weighted by molar-refractivity contribution is 0.0603. The summed E-state index contributed by atoms with van der Waals surface area (Å²) in [7, 11) is 0. The van der Waals surface area contributed by atoms with Crippen molar-refractivity contribution in [2.75, 3.05) is 13.2 Å². The summed E-state index contributed by atoms with van der Waals surface area (Å²) >= 11 is 5.82. The monoisotopic (exact) mass is 255 g/mol. The van der Waals surface area contributed by atoms with Crippen LogP contribution >= 0.6 is 11.6 Å². The fourth-order valence-electron chi connectivity index (χ4n) is 2.18. The van der Waals surface area contributed by atoms with E-state index in [-0.39, 0.29) is 6.04 Å². The fourth-order valence-corrected chi connectivity index (χ4v) is 2.29. The van der Waals surface area contributed by atoms with E-state index in [0.717, 1.165) is 38.2 Å². The van der Waals surface area contributed by atoms with Crippen LogP contribution in [0.4, 0.5) is 0 Å². The van der Waals surface area contributed by atoms with Gasteiger partial charge in [-0.2, -0.15) is 0 Å². The SMILES string of the molecule is NNC(CC1CCOCC1)c1ccc(Cl)cn1. The summed E-state index contributed by atoms with van der Waals surface area (Å²) in [4.78, 5) is 4.31. The molecule has 1 aliphatic heterocycles. The molecule has 0 spiro atoms. The number of halogens is 1. The molecule has 0 amide bonds. The molecule has 94 valence electrons. The van der Waals surface area contributed by atoms with Gasteiger partial charge in [0.2, 0.25) is 0 Å². The van der Waals surface area contributed by atoms with Crippen LogP contribution in [0.15, 0.2) is 18.3 Å². The lowest BCUT2D eigenvalue weighted by Gasteiger charge is -2.26. The second kappa shape index (κ2) is 6.31. The molecule has 1 aromatic rings. The maximum Gasteiger partial charge on any atom is 0.0634 e. The predicted octanol–water partition coefficient (Wildman–Crippen LogP) is 2.06. The summed E-state index contributed by atoms with van der Waals surface area (Å²) in [5.41, 5.74) is 3.79. The van der Waals surface area contributed by atoms with Crippen LogP contribution in [-0.4, -0.2) is 18.2 Å². The highest BCUT2D eigenvalue weighted by molar-refractivity contribution is 6.30. The Kier molecular flexibility index (Phi) is 4.74. The molecule has 0 bridgehead atoms. The second-order valence-electron chi connectivity index (χ2n) is 4.41. The highest BCUT2D eigenvalue weighted by Crippen LogP contribution is 2.26. The van der Waals surface area contributed by atoms with Gasteiger partial charge in [0, 0.05) is 19.4 Å². The first-order chi connectivity index (χ1) is 8.29. The highest BCUT2D eigenvalue weighted by atomic mass is 35.5. The summed E-state index contributed by atoms with van der Waals surface area (Å²) in [6.07, 6.45) is 4.86.